The van der Waals surface area contributed by atoms with Crippen molar-refractivity contribution in [1.29, 1.82) is 0 Å². The lowest BCUT2D eigenvalue weighted by Crippen LogP contribution is -2.46. The lowest BCUT2D eigenvalue weighted by molar-refractivity contribution is -0.134. The average Bonchev–Trinajstić information content (AvgIpc) is 2.55. The third kappa shape index (κ3) is 6.55. The van der Waals surface area contributed by atoms with Crippen molar-refractivity contribution in [3.63, 3.8) is 0 Å². The highest BCUT2D eigenvalue weighted by Crippen LogP contribution is 2.31. The summed E-state index contributed by atoms with van der Waals surface area (Å²) in [4.78, 5) is 21.8. The van der Waals surface area contributed by atoms with Gasteiger partial charge in [-0.05, 0) is 44.3 Å². The number of aliphatic carboxylic acids is 2. The number of rotatable bonds is 4. The lowest BCUT2D eigenvalue weighted by atomic mass is 9.86. The van der Waals surface area contributed by atoms with Crippen LogP contribution in [0.3, 0.4) is 0 Å². The van der Waals surface area contributed by atoms with Gasteiger partial charge in [-0.1, -0.05) is 48.4 Å². The van der Waals surface area contributed by atoms with Crippen LogP contribution in [0.25, 0.3) is 6.08 Å². The second kappa shape index (κ2) is 9.79. The highest BCUT2D eigenvalue weighted by atomic mass is 16.4. The summed E-state index contributed by atoms with van der Waals surface area (Å²) < 4.78 is 0. The Kier molecular flexibility index (Phi) is 7.41. The maximum Gasteiger partial charge on any atom is 0.328 e. The molecule has 1 aromatic carbocycles. The van der Waals surface area contributed by atoms with E-state index in [4.69, 9.17) is 10.2 Å². The monoisotopic (exact) mass is 343 g/mol. The topological polar surface area (TPSA) is 77.8 Å². The second-order valence-electron chi connectivity index (χ2n) is 6.29. The van der Waals surface area contributed by atoms with Crippen molar-refractivity contribution in [3.8, 4) is 0 Å². The van der Waals surface area contributed by atoms with Gasteiger partial charge in [0, 0.05) is 18.2 Å². The SMILES string of the molecule is C(=C1/CCCCC1N1CCC1)/c1ccccc1.O=C(O)/C=C\C(=O)O. The zero-order valence-corrected chi connectivity index (χ0v) is 14.3. The third-order valence-corrected chi connectivity index (χ3v) is 4.47. The molecule has 5 nitrogen and oxygen atoms in total. The van der Waals surface area contributed by atoms with E-state index >= 15 is 0 Å². The van der Waals surface area contributed by atoms with Crippen LogP contribution in [0.2, 0.25) is 0 Å². The Morgan fingerprint density at radius 1 is 0.960 bits per heavy atom. The zero-order chi connectivity index (χ0) is 18.1. The molecule has 1 aliphatic carbocycles. The number of likely N-dealkylation sites (tertiary alicyclic amines) is 1. The molecule has 5 heteroatoms. The Bertz CT molecular complexity index is 616. The first-order valence-corrected chi connectivity index (χ1v) is 8.70. The summed E-state index contributed by atoms with van der Waals surface area (Å²) in [5.74, 6) is -2.51. The van der Waals surface area contributed by atoms with Gasteiger partial charge in [0.2, 0.25) is 0 Å². The fraction of sp³-hybridized carbons (Fsp3) is 0.400. The number of hydrogen-bond acceptors (Lipinski definition) is 3. The van der Waals surface area contributed by atoms with Gasteiger partial charge in [-0.15, -0.1) is 0 Å². The summed E-state index contributed by atoms with van der Waals surface area (Å²) in [5, 5.41) is 15.6. The summed E-state index contributed by atoms with van der Waals surface area (Å²) in [6.07, 6.45) is 10.4. The molecule has 0 bridgehead atoms. The molecule has 0 aromatic heterocycles. The molecule has 1 heterocycles. The van der Waals surface area contributed by atoms with Crippen molar-refractivity contribution < 1.29 is 19.8 Å². The van der Waals surface area contributed by atoms with E-state index in [1.807, 2.05) is 0 Å². The Morgan fingerprint density at radius 2 is 1.60 bits per heavy atom. The normalized spacial score (nSPS) is 22.1. The fourth-order valence-electron chi connectivity index (χ4n) is 3.16. The van der Waals surface area contributed by atoms with Crippen molar-refractivity contribution in [2.24, 2.45) is 0 Å². The Morgan fingerprint density at radius 3 is 2.12 bits per heavy atom. The van der Waals surface area contributed by atoms with Gasteiger partial charge in [0.15, 0.2) is 0 Å². The average molecular weight is 343 g/mol. The van der Waals surface area contributed by atoms with Crippen molar-refractivity contribution in [2.75, 3.05) is 13.1 Å². The van der Waals surface area contributed by atoms with Crippen LogP contribution in [-0.4, -0.2) is 46.2 Å². The predicted octanol–water partition coefficient (Wildman–Crippen LogP) is 3.43. The standard InChI is InChI=1S/C16H21N.C4H4O4/c1-2-7-14(8-3-1)13-15-9-4-5-10-16(15)17-11-6-12-17;5-3(6)1-2-4(7)8/h1-3,7-8,13,16H,4-6,9-12H2;1-2H,(H,5,6)(H,7,8)/b15-13+;2-1-. The Labute approximate surface area is 148 Å². The Balaban J connectivity index is 0.000000242. The number of carboxylic acid groups (broad SMARTS) is 2. The molecule has 0 amide bonds. The molecule has 1 unspecified atom stereocenters. The van der Waals surface area contributed by atoms with Gasteiger partial charge in [-0.3, -0.25) is 4.90 Å². The molecule has 1 aliphatic heterocycles. The zero-order valence-electron chi connectivity index (χ0n) is 14.3. The molecular formula is C20H25NO4. The molecule has 0 radical (unpaired) electrons. The molecule has 1 saturated heterocycles. The molecule has 3 rings (SSSR count). The summed E-state index contributed by atoms with van der Waals surface area (Å²) in [5.41, 5.74) is 3.04. The molecule has 0 spiro atoms. The fourth-order valence-corrected chi connectivity index (χ4v) is 3.16. The predicted molar refractivity (Wildman–Crippen MR) is 97.3 cm³/mol. The molecule has 1 atom stereocenters. The quantitative estimate of drug-likeness (QED) is 0.819. The van der Waals surface area contributed by atoms with Crippen molar-refractivity contribution in [1.82, 2.24) is 4.90 Å². The third-order valence-electron chi connectivity index (χ3n) is 4.47. The van der Waals surface area contributed by atoms with E-state index in [1.54, 1.807) is 5.57 Å². The largest absolute Gasteiger partial charge is 0.478 e. The molecule has 2 N–H and O–H groups in total. The number of benzene rings is 1. The lowest BCUT2D eigenvalue weighted by Gasteiger charge is -2.42. The maximum absolute atomic E-state index is 9.55. The molecule has 2 fully saturated rings. The van der Waals surface area contributed by atoms with E-state index in [1.165, 1.54) is 50.8 Å². The smallest absolute Gasteiger partial charge is 0.328 e. The summed E-state index contributed by atoms with van der Waals surface area (Å²) in [7, 11) is 0. The van der Waals surface area contributed by atoms with Crippen LogP contribution >= 0.6 is 0 Å². The van der Waals surface area contributed by atoms with Crippen LogP contribution < -0.4 is 0 Å². The second-order valence-corrected chi connectivity index (χ2v) is 6.29. The summed E-state index contributed by atoms with van der Waals surface area (Å²) in [6, 6.07) is 11.5. The van der Waals surface area contributed by atoms with Gasteiger partial charge < -0.3 is 10.2 Å². The number of carbonyl (C=O) groups is 2. The van der Waals surface area contributed by atoms with E-state index in [9.17, 15) is 9.59 Å². The number of hydrogen-bond donors (Lipinski definition) is 2. The van der Waals surface area contributed by atoms with E-state index in [2.05, 4.69) is 41.3 Å². The van der Waals surface area contributed by atoms with Crippen LogP contribution in [0.15, 0.2) is 48.1 Å². The van der Waals surface area contributed by atoms with Crippen LogP contribution in [0.4, 0.5) is 0 Å². The van der Waals surface area contributed by atoms with E-state index in [0.29, 0.717) is 12.2 Å². The summed E-state index contributed by atoms with van der Waals surface area (Å²) >= 11 is 0. The summed E-state index contributed by atoms with van der Waals surface area (Å²) in [6.45, 7) is 2.63. The Hall–Kier alpha value is -2.40. The van der Waals surface area contributed by atoms with Crippen LogP contribution in [-0.2, 0) is 9.59 Å². The van der Waals surface area contributed by atoms with Gasteiger partial charge in [0.05, 0.1) is 0 Å². The van der Waals surface area contributed by atoms with Gasteiger partial charge >= 0.3 is 11.9 Å². The first kappa shape index (κ1) is 18.9. The van der Waals surface area contributed by atoms with Crippen LogP contribution in [0.5, 0.6) is 0 Å². The van der Waals surface area contributed by atoms with E-state index in [-0.39, 0.29) is 0 Å². The van der Waals surface area contributed by atoms with Crippen molar-refractivity contribution in [3.05, 3.63) is 53.6 Å². The van der Waals surface area contributed by atoms with Gasteiger partial charge in [0.1, 0.15) is 0 Å². The molecule has 25 heavy (non-hydrogen) atoms. The van der Waals surface area contributed by atoms with Gasteiger partial charge in [-0.25, -0.2) is 9.59 Å². The van der Waals surface area contributed by atoms with E-state index < -0.39 is 11.9 Å². The highest BCUT2D eigenvalue weighted by molar-refractivity contribution is 5.89. The molecule has 1 aromatic rings. The first-order chi connectivity index (χ1) is 12.1. The van der Waals surface area contributed by atoms with Crippen molar-refractivity contribution >= 4 is 18.0 Å². The minimum Gasteiger partial charge on any atom is -0.478 e. The van der Waals surface area contributed by atoms with Gasteiger partial charge in [-0.2, -0.15) is 0 Å². The number of nitrogens with zero attached hydrogens (tertiary/aromatic N) is 1. The van der Waals surface area contributed by atoms with Crippen LogP contribution in [0, 0.1) is 0 Å². The minimum absolute atomic E-state index is 0.558. The van der Waals surface area contributed by atoms with E-state index in [0.717, 1.165) is 6.04 Å². The van der Waals surface area contributed by atoms with Crippen molar-refractivity contribution in [2.45, 2.75) is 38.1 Å². The maximum atomic E-state index is 9.55. The molecule has 134 valence electrons. The minimum atomic E-state index is -1.26. The highest BCUT2D eigenvalue weighted by Gasteiger charge is 2.28. The number of carboxylic acids is 2. The van der Waals surface area contributed by atoms with Gasteiger partial charge in [0.25, 0.3) is 0 Å². The molecule has 2 aliphatic rings. The molecule has 1 saturated carbocycles. The first-order valence-electron chi connectivity index (χ1n) is 8.70. The molecular weight excluding hydrogens is 318 g/mol. The van der Waals surface area contributed by atoms with Crippen LogP contribution in [0.1, 0.15) is 37.7 Å².